The van der Waals surface area contributed by atoms with Crippen LogP contribution in [0.1, 0.15) is 21.5 Å². The van der Waals surface area contributed by atoms with E-state index in [0.29, 0.717) is 22.5 Å². The molecule has 8 heteroatoms. The van der Waals surface area contributed by atoms with Crippen LogP contribution >= 0.6 is 0 Å². The Hall–Kier alpha value is -5.21. The van der Waals surface area contributed by atoms with Gasteiger partial charge in [0.2, 0.25) is 0 Å². The van der Waals surface area contributed by atoms with Gasteiger partial charge in [0, 0.05) is 33.9 Å². The van der Waals surface area contributed by atoms with Crippen molar-refractivity contribution in [2.24, 2.45) is 0 Å². The summed E-state index contributed by atoms with van der Waals surface area (Å²) in [6.45, 7) is 0. The lowest BCUT2D eigenvalue weighted by Gasteiger charge is -2.13. The van der Waals surface area contributed by atoms with Gasteiger partial charge in [-0.05, 0) is 54.6 Å². The van der Waals surface area contributed by atoms with Crippen LogP contribution in [0.5, 0.6) is 0 Å². The lowest BCUT2D eigenvalue weighted by atomic mass is 10.1. The molecule has 4 amide bonds. The van der Waals surface area contributed by atoms with Crippen LogP contribution in [-0.4, -0.2) is 25.1 Å². The van der Waals surface area contributed by atoms with E-state index in [-0.39, 0.29) is 16.9 Å². The van der Waals surface area contributed by atoms with Crippen molar-refractivity contribution < 1.29 is 19.1 Å². The van der Waals surface area contributed by atoms with Crippen LogP contribution in [0.3, 0.4) is 0 Å². The van der Waals surface area contributed by atoms with Crippen molar-refractivity contribution in [3.8, 4) is 24.7 Å². The van der Waals surface area contributed by atoms with Crippen molar-refractivity contribution >= 4 is 40.8 Å². The van der Waals surface area contributed by atoms with Crippen LogP contribution in [0, 0.1) is 24.7 Å². The normalized spacial score (nSPS) is 9.62. The molecule has 0 spiro atoms. The van der Waals surface area contributed by atoms with Crippen molar-refractivity contribution in [1.82, 2.24) is 0 Å². The minimum atomic E-state index is -0.643. The van der Waals surface area contributed by atoms with E-state index < -0.39 is 18.0 Å². The number of rotatable bonds is 5. The van der Waals surface area contributed by atoms with Gasteiger partial charge in [0.25, 0.3) is 0 Å². The first-order chi connectivity index (χ1) is 16.4. The topological polar surface area (TPSA) is 109 Å². The van der Waals surface area contributed by atoms with Gasteiger partial charge in [-0.15, -0.1) is 12.8 Å². The minimum Gasteiger partial charge on any atom is -0.465 e. The SMILES string of the molecule is C#Cc1cccc(NC(=O)Nc2cc(NC(=O)Nc3cccc(C#C)c3)cc(C(=O)OC)c2)c1. The maximum Gasteiger partial charge on any atom is 0.337 e. The van der Waals surface area contributed by atoms with E-state index in [1.54, 1.807) is 48.5 Å². The summed E-state index contributed by atoms with van der Waals surface area (Å²) in [7, 11) is 1.23. The smallest absolute Gasteiger partial charge is 0.337 e. The number of methoxy groups -OCH3 is 1. The predicted molar refractivity (Wildman–Crippen MR) is 132 cm³/mol. The molecule has 0 saturated carbocycles. The average Bonchev–Trinajstić information content (AvgIpc) is 2.83. The molecule has 0 aromatic heterocycles. The van der Waals surface area contributed by atoms with Gasteiger partial charge in [0.1, 0.15) is 0 Å². The van der Waals surface area contributed by atoms with Gasteiger partial charge >= 0.3 is 18.0 Å². The molecule has 0 fully saturated rings. The Morgan fingerprint density at radius 2 is 1.12 bits per heavy atom. The summed E-state index contributed by atoms with van der Waals surface area (Å²) in [6.07, 6.45) is 10.8. The van der Waals surface area contributed by atoms with Crippen LogP contribution in [0.15, 0.2) is 66.7 Å². The molecule has 168 valence electrons. The first-order valence-corrected chi connectivity index (χ1v) is 9.93. The van der Waals surface area contributed by atoms with Gasteiger partial charge in [-0.2, -0.15) is 0 Å². The number of anilines is 4. The number of benzene rings is 3. The molecule has 3 rings (SSSR count). The largest absolute Gasteiger partial charge is 0.465 e. The second kappa shape index (κ2) is 10.9. The van der Waals surface area contributed by atoms with E-state index >= 15 is 0 Å². The zero-order valence-corrected chi connectivity index (χ0v) is 18.1. The van der Waals surface area contributed by atoms with E-state index in [0.717, 1.165) is 0 Å². The third-order valence-corrected chi connectivity index (χ3v) is 4.44. The Morgan fingerprint density at radius 1 is 0.676 bits per heavy atom. The number of ether oxygens (including phenoxy) is 1. The lowest BCUT2D eigenvalue weighted by Crippen LogP contribution is -2.21. The summed E-state index contributed by atoms with van der Waals surface area (Å²) >= 11 is 0. The van der Waals surface area contributed by atoms with E-state index in [4.69, 9.17) is 17.6 Å². The molecule has 0 aliphatic rings. The summed E-state index contributed by atoms with van der Waals surface area (Å²) in [5.41, 5.74) is 2.81. The summed E-state index contributed by atoms with van der Waals surface area (Å²) in [5.74, 6) is 4.33. The molecule has 8 nitrogen and oxygen atoms in total. The quantitative estimate of drug-likeness (QED) is 0.332. The summed E-state index contributed by atoms with van der Waals surface area (Å²) in [4.78, 5) is 37.0. The second-order valence-electron chi connectivity index (χ2n) is 6.90. The molecule has 0 aliphatic heterocycles. The molecule has 0 atom stereocenters. The van der Waals surface area contributed by atoms with E-state index in [1.165, 1.54) is 25.3 Å². The van der Waals surface area contributed by atoms with Crippen LogP contribution < -0.4 is 21.3 Å². The maximum absolute atomic E-state index is 12.5. The Labute approximate surface area is 196 Å². The van der Waals surface area contributed by atoms with Gasteiger partial charge in [0.15, 0.2) is 0 Å². The van der Waals surface area contributed by atoms with Crippen molar-refractivity contribution in [2.45, 2.75) is 0 Å². The average molecular weight is 452 g/mol. The van der Waals surface area contributed by atoms with Crippen molar-refractivity contribution in [3.05, 3.63) is 83.4 Å². The first kappa shape index (κ1) is 23.5. The fraction of sp³-hybridized carbons (Fsp3) is 0.0385. The third kappa shape index (κ3) is 6.39. The third-order valence-electron chi connectivity index (χ3n) is 4.44. The van der Waals surface area contributed by atoms with Gasteiger partial charge in [-0.25, -0.2) is 14.4 Å². The van der Waals surface area contributed by atoms with Crippen molar-refractivity contribution in [2.75, 3.05) is 28.4 Å². The molecule has 0 bridgehead atoms. The number of terminal acetylenes is 2. The molecule has 3 aromatic rings. The Bertz CT molecular complexity index is 1240. The monoisotopic (exact) mass is 452 g/mol. The fourth-order valence-corrected chi connectivity index (χ4v) is 2.97. The maximum atomic E-state index is 12.5. The Kier molecular flexibility index (Phi) is 7.51. The molecule has 0 unspecified atom stereocenters. The number of hydrogen-bond acceptors (Lipinski definition) is 4. The Morgan fingerprint density at radius 3 is 1.53 bits per heavy atom. The highest BCUT2D eigenvalue weighted by atomic mass is 16.5. The fourth-order valence-electron chi connectivity index (χ4n) is 2.97. The molecule has 4 N–H and O–H groups in total. The molecule has 0 radical (unpaired) electrons. The molecular weight excluding hydrogens is 432 g/mol. The number of hydrogen-bond donors (Lipinski definition) is 4. The lowest BCUT2D eigenvalue weighted by molar-refractivity contribution is 0.0600. The molecule has 0 saturated heterocycles. The molecule has 3 aromatic carbocycles. The van der Waals surface area contributed by atoms with Gasteiger partial charge < -0.3 is 26.0 Å². The van der Waals surface area contributed by atoms with Crippen LogP contribution in [0.2, 0.25) is 0 Å². The highest BCUT2D eigenvalue weighted by Gasteiger charge is 2.13. The molecular formula is C26H20N4O4. The summed E-state index contributed by atoms with van der Waals surface area (Å²) in [6, 6.07) is 16.7. The van der Waals surface area contributed by atoms with E-state index in [9.17, 15) is 14.4 Å². The number of carbonyl (C=O) groups is 3. The predicted octanol–water partition coefficient (Wildman–Crippen LogP) is 4.72. The molecule has 0 aliphatic carbocycles. The molecule has 0 heterocycles. The number of amides is 4. The van der Waals surface area contributed by atoms with Crippen LogP contribution in [0.25, 0.3) is 0 Å². The summed E-state index contributed by atoms with van der Waals surface area (Å²) < 4.78 is 4.77. The molecule has 34 heavy (non-hydrogen) atoms. The van der Waals surface area contributed by atoms with Gasteiger partial charge in [0.05, 0.1) is 12.7 Å². The number of nitrogens with one attached hydrogen (secondary N) is 4. The second-order valence-corrected chi connectivity index (χ2v) is 6.90. The van der Waals surface area contributed by atoms with Gasteiger partial charge in [-0.3, -0.25) is 0 Å². The standard InChI is InChI=1S/C26H20N4O4/c1-4-17-8-6-10-20(12-17)27-25(32)29-22-14-19(24(31)34-3)15-23(16-22)30-26(33)28-21-11-7-9-18(5-2)13-21/h1-2,6-16H,3H3,(H2,27,29,32)(H2,28,30,33). The van der Waals surface area contributed by atoms with Crippen molar-refractivity contribution in [3.63, 3.8) is 0 Å². The van der Waals surface area contributed by atoms with Crippen LogP contribution in [0.4, 0.5) is 32.3 Å². The first-order valence-electron chi connectivity index (χ1n) is 9.93. The van der Waals surface area contributed by atoms with E-state index in [1.807, 2.05) is 0 Å². The van der Waals surface area contributed by atoms with Gasteiger partial charge in [-0.1, -0.05) is 24.0 Å². The number of urea groups is 2. The highest BCUT2D eigenvalue weighted by Crippen LogP contribution is 2.21. The summed E-state index contributed by atoms with van der Waals surface area (Å²) in [5, 5.41) is 10.6. The highest BCUT2D eigenvalue weighted by molar-refractivity contribution is 6.04. The minimum absolute atomic E-state index is 0.124. The van der Waals surface area contributed by atoms with Crippen LogP contribution in [-0.2, 0) is 4.74 Å². The van der Waals surface area contributed by atoms with E-state index in [2.05, 4.69) is 33.1 Å². The Balaban J connectivity index is 1.76. The number of esters is 1. The van der Waals surface area contributed by atoms with Crippen molar-refractivity contribution in [1.29, 1.82) is 0 Å². The number of carbonyl (C=O) groups excluding carboxylic acids is 3. The zero-order chi connectivity index (χ0) is 24.5. The zero-order valence-electron chi connectivity index (χ0n) is 18.1.